The number of carbonyl (C=O) groups is 1. The van der Waals surface area contributed by atoms with Gasteiger partial charge in [0.25, 0.3) is 11.6 Å². The number of halogens is 1. The molecule has 2 N–H and O–H groups in total. The number of nitrogens with one attached hydrogen (secondary N) is 2. The Morgan fingerprint density at radius 3 is 2.61 bits per heavy atom. The zero-order valence-corrected chi connectivity index (χ0v) is 16.1. The van der Waals surface area contributed by atoms with Crippen molar-refractivity contribution in [2.24, 2.45) is 0 Å². The van der Waals surface area contributed by atoms with E-state index in [1.165, 1.54) is 25.3 Å². The number of hydrogen-bond donors (Lipinski definition) is 2. The number of rotatable bonds is 6. The molecule has 0 saturated carbocycles. The minimum Gasteiger partial charge on any atom is -0.495 e. The van der Waals surface area contributed by atoms with Crippen LogP contribution in [0.5, 0.6) is 5.75 Å². The first-order valence-corrected chi connectivity index (χ1v) is 8.42. The number of methoxy groups -OCH3 is 1. The maximum Gasteiger partial charge on any atom is 0.292 e. The van der Waals surface area contributed by atoms with Crippen molar-refractivity contribution in [2.45, 2.75) is 6.92 Å². The van der Waals surface area contributed by atoms with Crippen LogP contribution in [0.25, 0.3) is 6.08 Å². The van der Waals surface area contributed by atoms with Crippen molar-refractivity contribution in [1.29, 1.82) is 5.26 Å². The summed E-state index contributed by atoms with van der Waals surface area (Å²) in [6.07, 6.45) is 1.27. The normalized spacial score (nSPS) is 10.8. The van der Waals surface area contributed by atoms with Crippen LogP contribution in [0.1, 0.15) is 11.1 Å². The molecule has 0 aliphatic heterocycles. The summed E-state index contributed by atoms with van der Waals surface area (Å²) in [6, 6.07) is 9.34. The minimum absolute atomic E-state index is 0.163. The van der Waals surface area contributed by atoms with E-state index < -0.39 is 10.8 Å². The van der Waals surface area contributed by atoms with Crippen LogP contribution in [-0.4, -0.2) is 25.0 Å². The van der Waals surface area contributed by atoms with Crippen LogP contribution in [0.15, 0.2) is 35.9 Å². The van der Waals surface area contributed by atoms with Gasteiger partial charge in [-0.05, 0) is 36.3 Å². The summed E-state index contributed by atoms with van der Waals surface area (Å²) in [4.78, 5) is 23.1. The number of hydrogen-bond acceptors (Lipinski definition) is 6. The molecule has 0 aliphatic rings. The van der Waals surface area contributed by atoms with Crippen LogP contribution in [0, 0.1) is 28.4 Å². The molecule has 0 spiro atoms. The van der Waals surface area contributed by atoms with E-state index in [1.54, 1.807) is 32.2 Å². The van der Waals surface area contributed by atoms with E-state index in [-0.39, 0.29) is 11.3 Å². The monoisotopic (exact) mass is 400 g/mol. The summed E-state index contributed by atoms with van der Waals surface area (Å²) in [5.74, 6) is -0.335. The van der Waals surface area contributed by atoms with Gasteiger partial charge in [-0.3, -0.25) is 14.9 Å². The van der Waals surface area contributed by atoms with Crippen LogP contribution in [0.2, 0.25) is 5.02 Å². The third kappa shape index (κ3) is 4.58. The van der Waals surface area contributed by atoms with Gasteiger partial charge in [0.05, 0.1) is 17.7 Å². The zero-order chi connectivity index (χ0) is 20.8. The van der Waals surface area contributed by atoms with Crippen LogP contribution < -0.4 is 15.4 Å². The van der Waals surface area contributed by atoms with Crippen molar-refractivity contribution in [3.8, 4) is 11.8 Å². The van der Waals surface area contributed by atoms with E-state index in [4.69, 9.17) is 16.3 Å². The lowest BCUT2D eigenvalue weighted by molar-refractivity contribution is -0.384. The standard InChI is InChI=1S/C19H17ClN4O4/c1-11-6-16(18(28-3)9-14(11)20)23-19(25)13(10-21)7-12-4-5-15(22-2)17(8-12)24(26)27/h4-9,22H,1-3H3,(H,23,25)/b13-7+. The van der Waals surface area contributed by atoms with Gasteiger partial charge >= 0.3 is 0 Å². The summed E-state index contributed by atoms with van der Waals surface area (Å²) in [5, 5.41) is 26.3. The fourth-order valence-corrected chi connectivity index (χ4v) is 2.59. The number of ether oxygens (including phenoxy) is 1. The van der Waals surface area contributed by atoms with Gasteiger partial charge in [0.15, 0.2) is 0 Å². The van der Waals surface area contributed by atoms with Crippen molar-refractivity contribution in [2.75, 3.05) is 24.8 Å². The van der Waals surface area contributed by atoms with Gasteiger partial charge in [-0.15, -0.1) is 0 Å². The van der Waals surface area contributed by atoms with Crippen molar-refractivity contribution in [3.05, 3.63) is 62.2 Å². The highest BCUT2D eigenvalue weighted by Gasteiger charge is 2.16. The van der Waals surface area contributed by atoms with Gasteiger partial charge in [0.2, 0.25) is 0 Å². The van der Waals surface area contributed by atoms with Crippen LogP contribution in [-0.2, 0) is 4.79 Å². The topological polar surface area (TPSA) is 117 Å². The number of nitriles is 1. The van der Waals surface area contributed by atoms with Crippen molar-refractivity contribution < 1.29 is 14.5 Å². The summed E-state index contributed by atoms with van der Waals surface area (Å²) >= 11 is 6.05. The predicted octanol–water partition coefficient (Wildman–Crippen LogP) is 4.15. The quantitative estimate of drug-likeness (QED) is 0.325. The van der Waals surface area contributed by atoms with Gasteiger partial charge in [0, 0.05) is 24.2 Å². The second kappa shape index (κ2) is 8.88. The third-order valence-corrected chi connectivity index (χ3v) is 4.30. The second-order valence-corrected chi connectivity index (χ2v) is 6.12. The fourth-order valence-electron chi connectivity index (χ4n) is 2.44. The number of benzene rings is 2. The number of aryl methyl sites for hydroxylation is 1. The minimum atomic E-state index is -0.678. The molecule has 0 aliphatic carbocycles. The van der Waals surface area contributed by atoms with E-state index in [1.807, 2.05) is 6.07 Å². The third-order valence-electron chi connectivity index (χ3n) is 3.89. The lowest BCUT2D eigenvalue weighted by atomic mass is 10.1. The number of carbonyl (C=O) groups excluding carboxylic acids is 1. The van der Waals surface area contributed by atoms with Gasteiger partial charge in [-0.25, -0.2) is 0 Å². The number of anilines is 2. The van der Waals surface area contributed by atoms with Crippen molar-refractivity contribution >= 4 is 40.6 Å². The maximum absolute atomic E-state index is 12.5. The highest BCUT2D eigenvalue weighted by Crippen LogP contribution is 2.31. The van der Waals surface area contributed by atoms with E-state index >= 15 is 0 Å². The average Bonchev–Trinajstić information content (AvgIpc) is 2.68. The lowest BCUT2D eigenvalue weighted by Gasteiger charge is -2.12. The zero-order valence-electron chi connectivity index (χ0n) is 15.4. The molecular weight excluding hydrogens is 384 g/mol. The predicted molar refractivity (Wildman–Crippen MR) is 108 cm³/mol. The first-order chi connectivity index (χ1) is 13.3. The number of nitrogens with zero attached hydrogens (tertiary/aromatic N) is 2. The summed E-state index contributed by atoms with van der Waals surface area (Å²) in [7, 11) is 2.99. The molecular formula is C19H17ClN4O4. The van der Waals surface area contributed by atoms with Gasteiger partial charge in [-0.1, -0.05) is 17.7 Å². The van der Waals surface area contributed by atoms with E-state index in [0.29, 0.717) is 27.7 Å². The number of amides is 1. The molecule has 2 aromatic carbocycles. The second-order valence-electron chi connectivity index (χ2n) is 5.71. The Morgan fingerprint density at radius 1 is 1.32 bits per heavy atom. The first-order valence-electron chi connectivity index (χ1n) is 8.04. The summed E-state index contributed by atoms with van der Waals surface area (Å²) in [6.45, 7) is 1.76. The molecule has 0 radical (unpaired) electrons. The maximum atomic E-state index is 12.5. The lowest BCUT2D eigenvalue weighted by Crippen LogP contribution is -2.14. The van der Waals surface area contributed by atoms with Crippen LogP contribution in [0.4, 0.5) is 17.1 Å². The van der Waals surface area contributed by atoms with Crippen molar-refractivity contribution in [3.63, 3.8) is 0 Å². The highest BCUT2D eigenvalue weighted by molar-refractivity contribution is 6.31. The SMILES string of the molecule is CNc1ccc(/C=C(\C#N)C(=O)Nc2cc(C)c(Cl)cc2OC)cc1[N+](=O)[O-]. The molecule has 9 heteroatoms. The van der Waals surface area contributed by atoms with E-state index in [0.717, 1.165) is 5.56 Å². The van der Waals surface area contributed by atoms with Gasteiger partial charge < -0.3 is 15.4 Å². The van der Waals surface area contributed by atoms with Gasteiger partial charge in [0.1, 0.15) is 23.1 Å². The van der Waals surface area contributed by atoms with Gasteiger partial charge in [-0.2, -0.15) is 5.26 Å². The van der Waals surface area contributed by atoms with E-state index in [2.05, 4.69) is 10.6 Å². The molecule has 0 atom stereocenters. The fraction of sp³-hybridized carbons (Fsp3) is 0.158. The molecule has 0 bridgehead atoms. The highest BCUT2D eigenvalue weighted by atomic mass is 35.5. The van der Waals surface area contributed by atoms with Crippen LogP contribution in [0.3, 0.4) is 0 Å². The Kier molecular flexibility index (Phi) is 6.58. The Hall–Kier alpha value is -3.57. The molecule has 28 heavy (non-hydrogen) atoms. The molecule has 144 valence electrons. The Balaban J connectivity index is 2.37. The average molecular weight is 401 g/mol. The number of nitro benzene ring substituents is 1. The number of nitro groups is 1. The Morgan fingerprint density at radius 2 is 2.04 bits per heavy atom. The Labute approximate surface area is 166 Å². The molecule has 1 amide bonds. The molecule has 0 fully saturated rings. The van der Waals surface area contributed by atoms with E-state index in [9.17, 15) is 20.2 Å². The molecule has 0 aromatic heterocycles. The molecule has 8 nitrogen and oxygen atoms in total. The Bertz CT molecular complexity index is 1010. The largest absolute Gasteiger partial charge is 0.495 e. The summed E-state index contributed by atoms with van der Waals surface area (Å²) in [5.41, 5.74) is 1.36. The molecule has 2 rings (SSSR count). The van der Waals surface area contributed by atoms with Crippen molar-refractivity contribution in [1.82, 2.24) is 0 Å². The molecule has 0 heterocycles. The first kappa shape index (κ1) is 20.7. The molecule has 0 saturated heterocycles. The molecule has 0 unspecified atom stereocenters. The van der Waals surface area contributed by atoms with Crippen LogP contribution >= 0.6 is 11.6 Å². The molecule has 2 aromatic rings. The summed E-state index contributed by atoms with van der Waals surface area (Å²) < 4.78 is 5.20. The smallest absolute Gasteiger partial charge is 0.292 e.